The zero-order chi connectivity index (χ0) is 13.9. The van der Waals surface area contributed by atoms with Crippen LogP contribution in [0.2, 0.25) is 5.15 Å². The maximum absolute atomic E-state index is 12.0. The summed E-state index contributed by atoms with van der Waals surface area (Å²) in [6.45, 7) is 0. The van der Waals surface area contributed by atoms with Gasteiger partial charge in [0.2, 0.25) is 10.0 Å². The third-order valence-electron chi connectivity index (χ3n) is 2.36. The van der Waals surface area contributed by atoms with Gasteiger partial charge >= 0.3 is 0 Å². The molecule has 100 valence electrons. The molecule has 5 nitrogen and oxygen atoms in total. The predicted molar refractivity (Wildman–Crippen MR) is 76.3 cm³/mol. The summed E-state index contributed by atoms with van der Waals surface area (Å²) in [5.74, 6) is -0.154. The van der Waals surface area contributed by atoms with Gasteiger partial charge in [0.25, 0.3) is 0 Å². The molecule has 0 aliphatic rings. The monoisotopic (exact) mass is 297 g/mol. The van der Waals surface area contributed by atoms with Gasteiger partial charge in [-0.05, 0) is 29.8 Å². The Morgan fingerprint density at radius 2 is 1.89 bits per heavy atom. The quantitative estimate of drug-likeness (QED) is 0.669. The van der Waals surface area contributed by atoms with Crippen LogP contribution < -0.4 is 10.5 Å². The van der Waals surface area contributed by atoms with Crippen LogP contribution in [0.25, 0.3) is 0 Å². The number of hydrogen-bond acceptors (Lipinski definition) is 4. The van der Waals surface area contributed by atoms with E-state index in [1.165, 1.54) is 6.20 Å². The van der Waals surface area contributed by atoms with Crippen molar-refractivity contribution in [3.8, 4) is 0 Å². The first-order valence-corrected chi connectivity index (χ1v) is 7.45. The number of nitrogens with one attached hydrogen (secondary N) is 1. The molecule has 0 fully saturated rings. The number of anilines is 2. The number of rotatable bonds is 4. The van der Waals surface area contributed by atoms with Crippen LogP contribution in [0.5, 0.6) is 0 Å². The molecule has 0 aliphatic heterocycles. The zero-order valence-electron chi connectivity index (χ0n) is 9.88. The van der Waals surface area contributed by atoms with Crippen molar-refractivity contribution in [3.05, 3.63) is 53.3 Å². The molecule has 3 N–H and O–H groups in total. The first-order chi connectivity index (χ1) is 8.96. The van der Waals surface area contributed by atoms with Gasteiger partial charge in [-0.3, -0.25) is 4.72 Å². The minimum Gasteiger partial charge on any atom is -0.399 e. The molecular weight excluding hydrogens is 286 g/mol. The van der Waals surface area contributed by atoms with Crippen LogP contribution in [-0.2, 0) is 15.8 Å². The second-order valence-corrected chi connectivity index (χ2v) is 6.02. The molecular formula is C12H12ClN3O2S. The van der Waals surface area contributed by atoms with Crippen molar-refractivity contribution in [2.24, 2.45) is 0 Å². The average Bonchev–Trinajstić information content (AvgIpc) is 2.35. The van der Waals surface area contributed by atoms with Crippen LogP contribution in [0.1, 0.15) is 5.56 Å². The number of nitrogen functional groups attached to an aromatic ring is 1. The Morgan fingerprint density at radius 1 is 1.21 bits per heavy atom. The van der Waals surface area contributed by atoms with Crippen molar-refractivity contribution in [1.29, 1.82) is 0 Å². The molecule has 0 radical (unpaired) electrons. The van der Waals surface area contributed by atoms with Gasteiger partial charge in [0.05, 0.1) is 11.4 Å². The van der Waals surface area contributed by atoms with Crippen molar-refractivity contribution in [2.75, 3.05) is 10.5 Å². The summed E-state index contributed by atoms with van der Waals surface area (Å²) in [5, 5.41) is 0.114. The van der Waals surface area contributed by atoms with E-state index in [-0.39, 0.29) is 16.6 Å². The number of hydrogen-bond donors (Lipinski definition) is 2. The van der Waals surface area contributed by atoms with E-state index in [1.807, 2.05) is 0 Å². The normalized spacial score (nSPS) is 11.2. The molecule has 19 heavy (non-hydrogen) atoms. The lowest BCUT2D eigenvalue weighted by molar-refractivity contribution is 0.600. The lowest BCUT2D eigenvalue weighted by Gasteiger charge is -2.09. The molecule has 0 unspecified atom stereocenters. The van der Waals surface area contributed by atoms with E-state index in [0.717, 1.165) is 0 Å². The largest absolute Gasteiger partial charge is 0.399 e. The van der Waals surface area contributed by atoms with Crippen LogP contribution in [0.3, 0.4) is 0 Å². The fraction of sp³-hybridized carbons (Fsp3) is 0.0833. The van der Waals surface area contributed by atoms with E-state index >= 15 is 0 Å². The number of nitrogens with zero attached hydrogens (tertiary/aromatic N) is 1. The van der Waals surface area contributed by atoms with Gasteiger partial charge in [-0.1, -0.05) is 23.7 Å². The molecule has 0 spiro atoms. The van der Waals surface area contributed by atoms with Crippen LogP contribution in [0, 0.1) is 0 Å². The van der Waals surface area contributed by atoms with Crippen molar-refractivity contribution in [3.63, 3.8) is 0 Å². The highest BCUT2D eigenvalue weighted by Crippen LogP contribution is 2.20. The zero-order valence-corrected chi connectivity index (χ0v) is 11.4. The Kier molecular flexibility index (Phi) is 3.92. The number of benzene rings is 1. The van der Waals surface area contributed by atoms with Gasteiger partial charge in [-0.15, -0.1) is 0 Å². The third kappa shape index (κ3) is 3.84. The van der Waals surface area contributed by atoms with E-state index in [0.29, 0.717) is 11.3 Å². The fourth-order valence-corrected chi connectivity index (χ4v) is 2.92. The van der Waals surface area contributed by atoms with Crippen LogP contribution in [-0.4, -0.2) is 13.4 Å². The molecule has 0 bridgehead atoms. The van der Waals surface area contributed by atoms with E-state index in [9.17, 15) is 8.42 Å². The van der Waals surface area contributed by atoms with E-state index in [2.05, 4.69) is 9.71 Å². The molecule has 0 saturated heterocycles. The number of aromatic nitrogens is 1. The third-order valence-corrected chi connectivity index (χ3v) is 3.91. The Morgan fingerprint density at radius 3 is 2.53 bits per heavy atom. The molecule has 0 aliphatic carbocycles. The summed E-state index contributed by atoms with van der Waals surface area (Å²) < 4.78 is 26.4. The molecule has 1 aromatic heterocycles. The van der Waals surface area contributed by atoms with E-state index in [4.69, 9.17) is 17.3 Å². The number of halogens is 1. The maximum Gasteiger partial charge on any atom is 0.237 e. The Labute approximate surface area is 116 Å². The maximum atomic E-state index is 12.0. The van der Waals surface area contributed by atoms with E-state index in [1.54, 1.807) is 36.4 Å². The van der Waals surface area contributed by atoms with Gasteiger partial charge in [0.15, 0.2) is 5.15 Å². The fourth-order valence-electron chi connectivity index (χ4n) is 1.50. The minimum atomic E-state index is -3.54. The second kappa shape index (κ2) is 5.46. The van der Waals surface area contributed by atoms with Crippen LogP contribution >= 0.6 is 11.6 Å². The topological polar surface area (TPSA) is 85.1 Å². The Bertz CT molecular complexity index is 672. The number of nitrogens with two attached hydrogens (primary N) is 1. The van der Waals surface area contributed by atoms with Gasteiger partial charge in [0, 0.05) is 11.9 Å². The van der Waals surface area contributed by atoms with Crippen molar-refractivity contribution < 1.29 is 8.42 Å². The number of pyridine rings is 1. The molecule has 0 atom stereocenters. The Hall–Kier alpha value is -1.79. The highest BCUT2D eigenvalue weighted by Gasteiger charge is 2.13. The van der Waals surface area contributed by atoms with Crippen molar-refractivity contribution in [1.82, 2.24) is 4.98 Å². The van der Waals surface area contributed by atoms with E-state index < -0.39 is 10.0 Å². The molecule has 7 heteroatoms. The molecule has 1 heterocycles. The summed E-state index contributed by atoms with van der Waals surface area (Å²) in [5.41, 5.74) is 7.03. The minimum absolute atomic E-state index is 0.114. The smallest absolute Gasteiger partial charge is 0.237 e. The SMILES string of the molecule is Nc1ccc(CS(=O)(=O)Nc2cccnc2Cl)cc1. The second-order valence-electron chi connectivity index (χ2n) is 3.94. The lowest BCUT2D eigenvalue weighted by Crippen LogP contribution is -2.15. The summed E-state index contributed by atoms with van der Waals surface area (Å²) in [4.78, 5) is 3.80. The van der Waals surface area contributed by atoms with Crippen molar-refractivity contribution >= 4 is 33.0 Å². The Balaban J connectivity index is 2.15. The molecule has 0 amide bonds. The lowest BCUT2D eigenvalue weighted by atomic mass is 10.2. The van der Waals surface area contributed by atoms with Gasteiger partial charge in [0.1, 0.15) is 0 Å². The van der Waals surface area contributed by atoms with Crippen LogP contribution in [0.15, 0.2) is 42.6 Å². The molecule has 2 aromatic rings. The first-order valence-electron chi connectivity index (χ1n) is 5.42. The summed E-state index contributed by atoms with van der Waals surface area (Å²) in [7, 11) is -3.54. The summed E-state index contributed by atoms with van der Waals surface area (Å²) in [6.07, 6.45) is 1.49. The predicted octanol–water partition coefficient (Wildman–Crippen LogP) is 2.26. The molecule has 2 rings (SSSR count). The molecule has 1 aromatic carbocycles. The van der Waals surface area contributed by atoms with Crippen molar-refractivity contribution in [2.45, 2.75) is 5.75 Å². The van der Waals surface area contributed by atoms with Gasteiger partial charge < -0.3 is 5.73 Å². The standard InChI is InChI=1S/C12H12ClN3O2S/c13-12-11(2-1-7-15-12)16-19(17,18)8-9-3-5-10(14)6-4-9/h1-7,16H,8,14H2. The van der Waals surface area contributed by atoms with Crippen LogP contribution in [0.4, 0.5) is 11.4 Å². The van der Waals surface area contributed by atoms with Gasteiger partial charge in [-0.2, -0.15) is 0 Å². The highest BCUT2D eigenvalue weighted by molar-refractivity contribution is 7.91. The average molecular weight is 298 g/mol. The highest BCUT2D eigenvalue weighted by atomic mass is 35.5. The number of sulfonamides is 1. The summed E-state index contributed by atoms with van der Waals surface area (Å²) >= 11 is 5.80. The first kappa shape index (κ1) is 13.6. The summed E-state index contributed by atoms with van der Waals surface area (Å²) in [6, 6.07) is 9.80. The van der Waals surface area contributed by atoms with Gasteiger partial charge in [-0.25, -0.2) is 13.4 Å². The molecule has 0 saturated carbocycles.